The van der Waals surface area contributed by atoms with E-state index in [0.717, 1.165) is 0 Å². The third kappa shape index (κ3) is 4.14. The summed E-state index contributed by atoms with van der Waals surface area (Å²) in [5.74, 6) is 0. The van der Waals surface area contributed by atoms with Crippen molar-refractivity contribution in [1.29, 1.82) is 0 Å². The number of hydrogen-bond acceptors (Lipinski definition) is 5. The Morgan fingerprint density at radius 2 is 1.77 bits per heavy atom. The van der Waals surface area contributed by atoms with Gasteiger partial charge < -0.3 is 0 Å². The van der Waals surface area contributed by atoms with Crippen LogP contribution in [0.4, 0.5) is 16.2 Å². The predicted molar refractivity (Wildman–Crippen MR) is 81.9 cm³/mol. The van der Waals surface area contributed by atoms with Crippen LogP contribution in [0.2, 0.25) is 0 Å². The van der Waals surface area contributed by atoms with E-state index in [9.17, 15) is 14.9 Å². The first-order valence-electron chi connectivity index (χ1n) is 6.39. The largest absolute Gasteiger partial charge is 0.437 e. The van der Waals surface area contributed by atoms with Crippen molar-refractivity contribution in [2.24, 2.45) is 5.16 Å². The quantitative estimate of drug-likeness (QED) is 0.404. The molecule has 0 heterocycles. The maximum atomic E-state index is 11.6. The van der Waals surface area contributed by atoms with Crippen molar-refractivity contribution >= 4 is 23.2 Å². The summed E-state index contributed by atoms with van der Waals surface area (Å²) in [5, 5.41) is 16.8. The van der Waals surface area contributed by atoms with E-state index in [0.29, 0.717) is 17.0 Å². The lowest BCUT2D eigenvalue weighted by atomic mass is 10.1. The van der Waals surface area contributed by atoms with Crippen molar-refractivity contribution < 1.29 is 14.6 Å². The van der Waals surface area contributed by atoms with E-state index in [-0.39, 0.29) is 5.69 Å². The van der Waals surface area contributed by atoms with Gasteiger partial charge in [0.2, 0.25) is 0 Å². The third-order valence-electron chi connectivity index (χ3n) is 2.78. The minimum absolute atomic E-state index is 0.0145. The van der Waals surface area contributed by atoms with Crippen LogP contribution in [-0.4, -0.2) is 16.7 Å². The Morgan fingerprint density at radius 1 is 1.14 bits per heavy atom. The number of rotatable bonds is 4. The number of nitro benzene ring substituents is 1. The Morgan fingerprint density at radius 3 is 2.36 bits per heavy atom. The molecule has 2 aromatic rings. The highest BCUT2D eigenvalue weighted by atomic mass is 16.7. The lowest BCUT2D eigenvalue weighted by Crippen LogP contribution is -2.11. The summed E-state index contributed by atoms with van der Waals surface area (Å²) in [6.45, 7) is 1.64. The van der Waals surface area contributed by atoms with E-state index in [4.69, 9.17) is 4.84 Å². The van der Waals surface area contributed by atoms with Crippen LogP contribution in [0.5, 0.6) is 0 Å². The fourth-order valence-corrected chi connectivity index (χ4v) is 1.65. The number of amides is 1. The van der Waals surface area contributed by atoms with Crippen molar-refractivity contribution in [3.63, 3.8) is 0 Å². The molecule has 0 bridgehead atoms. The molecule has 2 rings (SSSR count). The van der Waals surface area contributed by atoms with Gasteiger partial charge >= 0.3 is 6.09 Å². The van der Waals surface area contributed by atoms with Crippen LogP contribution in [-0.2, 0) is 4.84 Å². The van der Waals surface area contributed by atoms with Crippen LogP contribution in [0.1, 0.15) is 12.5 Å². The topological polar surface area (TPSA) is 93.8 Å². The number of carbonyl (C=O) groups is 1. The molecular formula is C15H13N3O4. The van der Waals surface area contributed by atoms with E-state index < -0.39 is 11.0 Å². The number of benzene rings is 2. The standard InChI is InChI=1S/C15H13N3O4/c1-11(12-7-9-14(10-8-12)18(20)21)17-22-15(19)16-13-5-3-2-4-6-13/h2-10H,1H3,(H,16,19)/b17-11+. The van der Waals surface area contributed by atoms with Gasteiger partial charge in [0.15, 0.2) is 0 Å². The molecule has 2 aromatic carbocycles. The molecule has 0 spiro atoms. The predicted octanol–water partition coefficient (Wildman–Crippen LogP) is 3.57. The molecular weight excluding hydrogens is 286 g/mol. The molecule has 0 aromatic heterocycles. The second-order valence-electron chi connectivity index (χ2n) is 4.35. The number of oxime groups is 1. The molecule has 112 valence electrons. The van der Waals surface area contributed by atoms with Gasteiger partial charge in [-0.3, -0.25) is 20.3 Å². The molecule has 0 atom stereocenters. The first-order chi connectivity index (χ1) is 10.6. The van der Waals surface area contributed by atoms with Crippen LogP contribution in [0.15, 0.2) is 59.8 Å². The number of nitrogens with zero attached hydrogens (tertiary/aromatic N) is 2. The fraction of sp³-hybridized carbons (Fsp3) is 0.0667. The summed E-state index contributed by atoms with van der Waals surface area (Å²) < 4.78 is 0. The summed E-state index contributed by atoms with van der Waals surface area (Å²) in [4.78, 5) is 26.4. The Hall–Kier alpha value is -3.22. The van der Waals surface area contributed by atoms with Crippen LogP contribution < -0.4 is 5.32 Å². The van der Waals surface area contributed by atoms with E-state index in [1.165, 1.54) is 24.3 Å². The van der Waals surface area contributed by atoms with E-state index in [2.05, 4.69) is 10.5 Å². The zero-order valence-corrected chi connectivity index (χ0v) is 11.7. The number of para-hydroxylation sites is 1. The van der Waals surface area contributed by atoms with E-state index >= 15 is 0 Å². The van der Waals surface area contributed by atoms with Crippen LogP contribution in [0.3, 0.4) is 0 Å². The summed E-state index contributed by atoms with van der Waals surface area (Å²) in [6, 6.07) is 14.6. The number of non-ortho nitro benzene ring substituents is 1. The third-order valence-corrected chi connectivity index (χ3v) is 2.78. The maximum absolute atomic E-state index is 11.6. The molecule has 0 aliphatic rings. The van der Waals surface area contributed by atoms with Crippen LogP contribution >= 0.6 is 0 Å². The number of anilines is 1. The molecule has 0 unspecified atom stereocenters. The lowest BCUT2D eigenvalue weighted by Gasteiger charge is -2.03. The summed E-state index contributed by atoms with van der Waals surface area (Å²) in [5.41, 5.74) is 1.63. The van der Waals surface area contributed by atoms with Crippen molar-refractivity contribution in [1.82, 2.24) is 0 Å². The van der Waals surface area contributed by atoms with Gasteiger partial charge in [0, 0.05) is 17.8 Å². The lowest BCUT2D eigenvalue weighted by molar-refractivity contribution is -0.384. The monoisotopic (exact) mass is 299 g/mol. The molecule has 7 heteroatoms. The number of carbonyl (C=O) groups excluding carboxylic acids is 1. The van der Waals surface area contributed by atoms with Crippen LogP contribution in [0, 0.1) is 10.1 Å². The molecule has 0 aliphatic carbocycles. The molecule has 22 heavy (non-hydrogen) atoms. The zero-order chi connectivity index (χ0) is 15.9. The van der Waals surface area contributed by atoms with Crippen molar-refractivity contribution in [2.75, 3.05) is 5.32 Å². The maximum Gasteiger partial charge on any atom is 0.437 e. The Labute approximate surface area is 126 Å². The summed E-state index contributed by atoms with van der Waals surface area (Å²) >= 11 is 0. The van der Waals surface area contributed by atoms with Gasteiger partial charge in [-0.1, -0.05) is 23.4 Å². The molecule has 0 fully saturated rings. The molecule has 0 radical (unpaired) electrons. The number of nitro groups is 1. The van der Waals surface area contributed by atoms with Gasteiger partial charge in [-0.25, -0.2) is 4.79 Å². The molecule has 7 nitrogen and oxygen atoms in total. The van der Waals surface area contributed by atoms with Crippen molar-refractivity contribution in [3.05, 3.63) is 70.3 Å². The molecule has 1 amide bonds. The highest BCUT2D eigenvalue weighted by Gasteiger charge is 2.07. The number of hydrogen-bond donors (Lipinski definition) is 1. The zero-order valence-electron chi connectivity index (χ0n) is 11.7. The molecule has 0 saturated heterocycles. The van der Waals surface area contributed by atoms with Gasteiger partial charge in [0.05, 0.1) is 10.6 Å². The van der Waals surface area contributed by atoms with Crippen molar-refractivity contribution in [2.45, 2.75) is 6.92 Å². The van der Waals surface area contributed by atoms with Gasteiger partial charge in [-0.05, 0) is 36.8 Å². The van der Waals surface area contributed by atoms with Gasteiger partial charge in [0.25, 0.3) is 5.69 Å². The van der Waals surface area contributed by atoms with Gasteiger partial charge in [-0.2, -0.15) is 0 Å². The fourth-order valence-electron chi connectivity index (χ4n) is 1.65. The minimum Gasteiger partial charge on any atom is -0.298 e. The van der Waals surface area contributed by atoms with E-state index in [1.807, 2.05) is 6.07 Å². The van der Waals surface area contributed by atoms with Crippen LogP contribution in [0.25, 0.3) is 0 Å². The first kappa shape index (κ1) is 15.2. The Balaban J connectivity index is 1.97. The average molecular weight is 299 g/mol. The second kappa shape index (κ2) is 6.98. The first-order valence-corrected chi connectivity index (χ1v) is 6.39. The van der Waals surface area contributed by atoms with Gasteiger partial charge in [0.1, 0.15) is 0 Å². The summed E-state index contributed by atoms with van der Waals surface area (Å²) in [6.07, 6.45) is -0.715. The second-order valence-corrected chi connectivity index (χ2v) is 4.35. The van der Waals surface area contributed by atoms with Gasteiger partial charge in [-0.15, -0.1) is 0 Å². The molecule has 0 aliphatic heterocycles. The Bertz CT molecular complexity index is 696. The smallest absolute Gasteiger partial charge is 0.298 e. The van der Waals surface area contributed by atoms with E-state index in [1.54, 1.807) is 31.2 Å². The SMILES string of the molecule is C/C(=N\OC(=O)Nc1ccccc1)c1ccc([N+](=O)[O-])cc1. The average Bonchev–Trinajstić information content (AvgIpc) is 2.53. The highest BCUT2D eigenvalue weighted by Crippen LogP contribution is 2.13. The Kier molecular flexibility index (Phi) is 4.81. The molecule has 0 saturated carbocycles. The number of nitrogens with one attached hydrogen (secondary N) is 1. The normalized spacial score (nSPS) is 10.9. The highest BCUT2D eigenvalue weighted by molar-refractivity contribution is 5.99. The molecule has 1 N–H and O–H groups in total. The minimum atomic E-state index is -0.715. The summed E-state index contributed by atoms with van der Waals surface area (Å²) in [7, 11) is 0. The van der Waals surface area contributed by atoms with Crippen molar-refractivity contribution in [3.8, 4) is 0 Å².